The number of halogens is 2. The summed E-state index contributed by atoms with van der Waals surface area (Å²) in [5, 5.41) is 3.49. The van der Waals surface area contributed by atoms with Crippen molar-refractivity contribution in [1.82, 2.24) is 9.47 Å². The van der Waals surface area contributed by atoms with Gasteiger partial charge in [-0.25, -0.2) is 4.79 Å². The lowest BCUT2D eigenvalue weighted by Crippen LogP contribution is -2.38. The van der Waals surface area contributed by atoms with Crippen LogP contribution in [0.4, 0.5) is 10.5 Å². The predicted molar refractivity (Wildman–Crippen MR) is 114 cm³/mol. The highest BCUT2D eigenvalue weighted by atomic mass is 35.5. The Morgan fingerprint density at radius 3 is 2.45 bits per heavy atom. The number of rotatable bonds is 5. The molecule has 2 aromatic rings. The fourth-order valence-corrected chi connectivity index (χ4v) is 2.70. The van der Waals surface area contributed by atoms with E-state index in [1.54, 1.807) is 39.0 Å². The summed E-state index contributed by atoms with van der Waals surface area (Å²) in [5.74, 6) is -0.418. The average molecular weight is 440 g/mol. The number of pyridine rings is 1. The first kappa shape index (κ1) is 22.8. The average Bonchev–Trinajstić information content (AvgIpc) is 2.59. The molecular formula is C20H23Cl2N3O4. The lowest BCUT2D eigenvalue weighted by Gasteiger charge is -2.24. The van der Waals surface area contributed by atoms with Crippen LogP contribution >= 0.6 is 23.2 Å². The van der Waals surface area contributed by atoms with Gasteiger partial charge in [0.05, 0.1) is 22.3 Å². The van der Waals surface area contributed by atoms with Gasteiger partial charge in [0.25, 0.3) is 5.56 Å². The maximum atomic E-state index is 12.2. The van der Waals surface area contributed by atoms with Crippen molar-refractivity contribution in [2.45, 2.75) is 32.9 Å². The van der Waals surface area contributed by atoms with E-state index in [4.69, 9.17) is 27.9 Å². The minimum Gasteiger partial charge on any atom is -0.444 e. The number of aromatic nitrogens is 1. The van der Waals surface area contributed by atoms with Gasteiger partial charge in [-0.05, 0) is 44.5 Å². The Bertz CT molecular complexity index is 967. The van der Waals surface area contributed by atoms with Crippen molar-refractivity contribution < 1.29 is 14.3 Å². The summed E-state index contributed by atoms with van der Waals surface area (Å²) in [7, 11) is 1.47. The van der Waals surface area contributed by atoms with Gasteiger partial charge in [-0.3, -0.25) is 9.59 Å². The molecule has 0 saturated carbocycles. The standard InChI is InChI=1S/C20H23Cl2N3O4/c1-20(2,3)29-19(28)24(4)12-17(26)23-14-6-8-18(27)25(11-14)10-13-5-7-15(21)16(22)9-13/h5-9,11H,10,12H2,1-4H3,(H,23,26). The Morgan fingerprint density at radius 2 is 1.83 bits per heavy atom. The molecule has 9 heteroatoms. The summed E-state index contributed by atoms with van der Waals surface area (Å²) in [5.41, 5.74) is 0.323. The number of benzene rings is 1. The van der Waals surface area contributed by atoms with Crippen molar-refractivity contribution in [1.29, 1.82) is 0 Å². The Hall–Kier alpha value is -2.51. The normalized spacial score (nSPS) is 11.1. The molecule has 1 N–H and O–H groups in total. The highest BCUT2D eigenvalue weighted by Gasteiger charge is 2.21. The lowest BCUT2D eigenvalue weighted by atomic mass is 10.2. The summed E-state index contributed by atoms with van der Waals surface area (Å²) >= 11 is 11.9. The fraction of sp³-hybridized carbons (Fsp3) is 0.350. The zero-order chi connectivity index (χ0) is 21.8. The lowest BCUT2D eigenvalue weighted by molar-refractivity contribution is -0.117. The number of hydrogen-bond acceptors (Lipinski definition) is 4. The Labute approximate surface area is 179 Å². The van der Waals surface area contributed by atoms with Crippen molar-refractivity contribution in [3.63, 3.8) is 0 Å². The first-order valence-corrected chi connectivity index (χ1v) is 9.58. The Kier molecular flexibility index (Phi) is 7.32. The van der Waals surface area contributed by atoms with Crippen molar-refractivity contribution in [3.05, 3.63) is 62.5 Å². The van der Waals surface area contributed by atoms with Gasteiger partial charge in [-0.15, -0.1) is 0 Å². The molecule has 29 heavy (non-hydrogen) atoms. The van der Waals surface area contributed by atoms with Crippen molar-refractivity contribution >= 4 is 40.9 Å². The molecule has 0 aliphatic heterocycles. The van der Waals surface area contributed by atoms with E-state index in [0.717, 1.165) is 5.56 Å². The third kappa shape index (κ3) is 7.11. The maximum Gasteiger partial charge on any atom is 0.410 e. The van der Waals surface area contributed by atoms with E-state index in [0.29, 0.717) is 15.7 Å². The van der Waals surface area contributed by atoms with E-state index >= 15 is 0 Å². The van der Waals surface area contributed by atoms with Gasteiger partial charge in [0, 0.05) is 19.3 Å². The molecular weight excluding hydrogens is 417 g/mol. The van der Waals surface area contributed by atoms with E-state index in [2.05, 4.69) is 5.32 Å². The molecule has 0 fully saturated rings. The number of amides is 2. The first-order chi connectivity index (χ1) is 13.4. The van der Waals surface area contributed by atoms with Gasteiger partial charge in [0.1, 0.15) is 12.1 Å². The van der Waals surface area contributed by atoms with Gasteiger partial charge in [0.15, 0.2) is 0 Å². The zero-order valence-electron chi connectivity index (χ0n) is 16.7. The van der Waals surface area contributed by atoms with Gasteiger partial charge in [-0.1, -0.05) is 29.3 Å². The summed E-state index contributed by atoms with van der Waals surface area (Å²) in [6.45, 7) is 5.31. The number of nitrogens with zero attached hydrogens (tertiary/aromatic N) is 2. The minimum atomic E-state index is -0.651. The first-order valence-electron chi connectivity index (χ1n) is 8.83. The van der Waals surface area contributed by atoms with Gasteiger partial charge in [0.2, 0.25) is 5.91 Å². The third-order valence-corrected chi connectivity index (χ3v) is 4.43. The van der Waals surface area contributed by atoms with Crippen LogP contribution in [0.3, 0.4) is 0 Å². The SMILES string of the molecule is CN(CC(=O)Nc1ccc(=O)n(Cc2ccc(Cl)c(Cl)c2)c1)C(=O)OC(C)(C)C. The zero-order valence-corrected chi connectivity index (χ0v) is 18.2. The quantitative estimate of drug-likeness (QED) is 0.762. The van der Waals surface area contributed by atoms with Crippen LogP contribution in [0, 0.1) is 0 Å². The topological polar surface area (TPSA) is 80.6 Å². The van der Waals surface area contributed by atoms with Crippen LogP contribution in [0.2, 0.25) is 10.0 Å². The molecule has 0 atom stereocenters. The molecule has 2 rings (SSSR count). The second-order valence-electron chi connectivity index (χ2n) is 7.52. The van der Waals surface area contributed by atoms with E-state index in [1.807, 2.05) is 0 Å². The monoisotopic (exact) mass is 439 g/mol. The van der Waals surface area contributed by atoms with Crippen LogP contribution < -0.4 is 10.9 Å². The number of carbonyl (C=O) groups is 2. The number of likely N-dealkylation sites (N-methyl/N-ethyl adjacent to an activating group) is 1. The molecule has 7 nitrogen and oxygen atoms in total. The minimum absolute atomic E-state index is 0.194. The van der Waals surface area contributed by atoms with E-state index < -0.39 is 17.6 Å². The molecule has 0 unspecified atom stereocenters. The molecule has 156 valence electrons. The number of carbonyl (C=O) groups excluding carboxylic acids is 2. The molecule has 1 aromatic heterocycles. The number of hydrogen-bond donors (Lipinski definition) is 1. The number of ether oxygens (including phenoxy) is 1. The van der Waals surface area contributed by atoms with Gasteiger partial charge in [-0.2, -0.15) is 0 Å². The second kappa shape index (κ2) is 9.33. The van der Waals surface area contributed by atoms with Crippen molar-refractivity contribution in [2.24, 2.45) is 0 Å². The fourth-order valence-electron chi connectivity index (χ4n) is 2.38. The molecule has 1 aromatic carbocycles. The molecule has 2 amide bonds. The van der Waals surface area contributed by atoms with Crippen molar-refractivity contribution in [3.8, 4) is 0 Å². The summed E-state index contributed by atoms with van der Waals surface area (Å²) < 4.78 is 6.65. The highest BCUT2D eigenvalue weighted by molar-refractivity contribution is 6.42. The smallest absolute Gasteiger partial charge is 0.410 e. The third-order valence-electron chi connectivity index (χ3n) is 3.69. The largest absolute Gasteiger partial charge is 0.444 e. The molecule has 0 radical (unpaired) electrons. The molecule has 0 aliphatic carbocycles. The van der Waals surface area contributed by atoms with Crippen LogP contribution in [0.5, 0.6) is 0 Å². The molecule has 0 aliphatic rings. The van der Waals surface area contributed by atoms with Gasteiger partial charge < -0.3 is 19.5 Å². The van der Waals surface area contributed by atoms with Crippen LogP contribution in [-0.4, -0.2) is 40.7 Å². The van der Waals surface area contributed by atoms with E-state index in [1.165, 1.54) is 34.8 Å². The van der Waals surface area contributed by atoms with Crippen LogP contribution in [0.1, 0.15) is 26.3 Å². The van der Waals surface area contributed by atoms with E-state index in [-0.39, 0.29) is 18.6 Å². The van der Waals surface area contributed by atoms with Crippen LogP contribution in [-0.2, 0) is 16.1 Å². The van der Waals surface area contributed by atoms with Crippen molar-refractivity contribution in [2.75, 3.05) is 18.9 Å². The Morgan fingerprint density at radius 1 is 1.14 bits per heavy atom. The van der Waals surface area contributed by atoms with E-state index in [9.17, 15) is 14.4 Å². The predicted octanol–water partition coefficient (Wildman–Crippen LogP) is 4.01. The molecule has 0 bridgehead atoms. The molecule has 0 spiro atoms. The number of nitrogens with one attached hydrogen (secondary N) is 1. The molecule has 1 heterocycles. The molecule has 0 saturated heterocycles. The van der Waals surface area contributed by atoms with Crippen LogP contribution in [0.25, 0.3) is 0 Å². The second-order valence-corrected chi connectivity index (χ2v) is 8.33. The maximum absolute atomic E-state index is 12.2. The van der Waals surface area contributed by atoms with Crippen LogP contribution in [0.15, 0.2) is 41.3 Å². The van der Waals surface area contributed by atoms with Gasteiger partial charge >= 0.3 is 6.09 Å². The number of anilines is 1. The summed E-state index contributed by atoms with van der Waals surface area (Å²) in [4.78, 5) is 37.5. The highest BCUT2D eigenvalue weighted by Crippen LogP contribution is 2.23. The summed E-state index contributed by atoms with van der Waals surface area (Å²) in [6, 6.07) is 7.95. The Balaban J connectivity index is 2.05. The summed E-state index contributed by atoms with van der Waals surface area (Å²) in [6.07, 6.45) is 0.924.